The number of alkyl carbamates (subject to hydrolysis) is 1. The molecule has 7 heteroatoms. The van der Waals surface area contributed by atoms with Crippen molar-refractivity contribution in [2.75, 3.05) is 19.7 Å². The molecule has 0 spiro atoms. The minimum absolute atomic E-state index is 0.00323. The quantitative estimate of drug-likeness (QED) is 0.633. The van der Waals surface area contributed by atoms with E-state index in [1.165, 1.54) is 11.1 Å². The van der Waals surface area contributed by atoms with E-state index in [1.54, 1.807) is 4.90 Å². The summed E-state index contributed by atoms with van der Waals surface area (Å²) in [6, 6.07) is 16.1. The number of nitrogens with zero attached hydrogens (tertiary/aromatic N) is 1. The van der Waals surface area contributed by atoms with Crippen LogP contribution in [0.15, 0.2) is 48.5 Å². The standard InChI is InChI=1S/C26H30N2O5/c1-17(13-24(29)28-12-6-7-18(28)14-25(30)31)15-27-26(32)33-16-23-21-10-4-2-8-19(21)20-9-3-5-11-22(20)23/h2-5,8-11,17-18,23H,6-7,12-16H2,1H3,(H,27,32)(H,30,31)/t17?,18-/m1/s1. The van der Waals surface area contributed by atoms with Crippen LogP contribution in [-0.2, 0) is 14.3 Å². The molecule has 1 aliphatic heterocycles. The average Bonchev–Trinajstić information content (AvgIpc) is 3.38. The Morgan fingerprint density at radius 3 is 2.36 bits per heavy atom. The fourth-order valence-electron chi connectivity index (χ4n) is 4.97. The first-order valence-electron chi connectivity index (χ1n) is 11.5. The van der Waals surface area contributed by atoms with Crippen molar-refractivity contribution in [3.8, 4) is 11.1 Å². The normalized spacial score (nSPS) is 17.8. The number of hydrogen-bond donors (Lipinski definition) is 2. The SMILES string of the molecule is CC(CNC(=O)OCC1c2ccccc2-c2ccccc21)CC(=O)N1CCC[C@@H]1CC(=O)O. The van der Waals surface area contributed by atoms with Gasteiger partial charge in [-0.25, -0.2) is 4.79 Å². The van der Waals surface area contributed by atoms with Gasteiger partial charge in [0, 0.05) is 31.5 Å². The highest BCUT2D eigenvalue weighted by Crippen LogP contribution is 2.44. The van der Waals surface area contributed by atoms with Gasteiger partial charge in [-0.2, -0.15) is 0 Å². The highest BCUT2D eigenvalue weighted by Gasteiger charge is 2.31. The van der Waals surface area contributed by atoms with Crippen molar-refractivity contribution in [3.63, 3.8) is 0 Å². The summed E-state index contributed by atoms with van der Waals surface area (Å²) in [5, 5.41) is 11.8. The van der Waals surface area contributed by atoms with Crippen molar-refractivity contribution in [2.45, 2.75) is 44.6 Å². The number of carbonyl (C=O) groups excluding carboxylic acids is 2. The van der Waals surface area contributed by atoms with E-state index in [1.807, 2.05) is 31.2 Å². The largest absolute Gasteiger partial charge is 0.481 e. The van der Waals surface area contributed by atoms with Crippen molar-refractivity contribution in [1.82, 2.24) is 10.2 Å². The number of ether oxygens (including phenoxy) is 1. The van der Waals surface area contributed by atoms with Gasteiger partial charge in [0.1, 0.15) is 6.61 Å². The first-order chi connectivity index (χ1) is 15.9. The van der Waals surface area contributed by atoms with Crippen molar-refractivity contribution in [2.24, 2.45) is 5.92 Å². The van der Waals surface area contributed by atoms with Gasteiger partial charge >= 0.3 is 12.1 Å². The average molecular weight is 451 g/mol. The van der Waals surface area contributed by atoms with Crippen molar-refractivity contribution >= 4 is 18.0 Å². The maximum atomic E-state index is 12.6. The van der Waals surface area contributed by atoms with Gasteiger partial charge in [0.15, 0.2) is 0 Å². The second-order valence-electron chi connectivity index (χ2n) is 9.00. The molecule has 1 unspecified atom stereocenters. The van der Waals surface area contributed by atoms with E-state index < -0.39 is 12.1 Å². The zero-order chi connectivity index (χ0) is 23.4. The maximum absolute atomic E-state index is 12.6. The molecule has 1 heterocycles. The molecule has 33 heavy (non-hydrogen) atoms. The van der Waals surface area contributed by atoms with Crippen LogP contribution in [0.5, 0.6) is 0 Å². The number of amides is 2. The lowest BCUT2D eigenvalue weighted by Gasteiger charge is -2.25. The van der Waals surface area contributed by atoms with E-state index in [9.17, 15) is 14.4 Å². The van der Waals surface area contributed by atoms with Crippen molar-refractivity contribution in [3.05, 3.63) is 59.7 Å². The molecule has 174 valence electrons. The molecule has 4 rings (SSSR count). The van der Waals surface area contributed by atoms with E-state index in [4.69, 9.17) is 9.84 Å². The lowest BCUT2D eigenvalue weighted by Crippen LogP contribution is -2.39. The molecule has 1 saturated heterocycles. The molecular weight excluding hydrogens is 420 g/mol. The van der Waals surface area contributed by atoms with Crippen LogP contribution in [-0.4, -0.2) is 53.7 Å². The molecule has 2 aliphatic rings. The molecule has 0 bridgehead atoms. The molecule has 2 aromatic rings. The minimum Gasteiger partial charge on any atom is -0.481 e. The molecule has 0 radical (unpaired) electrons. The summed E-state index contributed by atoms with van der Waals surface area (Å²) in [6.45, 7) is 3.06. The lowest BCUT2D eigenvalue weighted by molar-refractivity contribution is -0.140. The van der Waals surface area contributed by atoms with E-state index in [0.717, 1.165) is 24.0 Å². The monoisotopic (exact) mass is 450 g/mol. The van der Waals surface area contributed by atoms with Gasteiger partial charge < -0.3 is 20.1 Å². The molecule has 0 saturated carbocycles. The second kappa shape index (κ2) is 10.1. The third kappa shape index (κ3) is 5.18. The summed E-state index contributed by atoms with van der Waals surface area (Å²) in [5.41, 5.74) is 4.67. The molecule has 1 aliphatic carbocycles. The highest BCUT2D eigenvalue weighted by atomic mass is 16.5. The Morgan fingerprint density at radius 1 is 1.09 bits per heavy atom. The van der Waals surface area contributed by atoms with E-state index in [0.29, 0.717) is 13.1 Å². The number of carboxylic acids is 1. The van der Waals surface area contributed by atoms with Gasteiger partial charge in [0.2, 0.25) is 5.91 Å². The lowest BCUT2D eigenvalue weighted by atomic mass is 9.98. The molecule has 2 N–H and O–H groups in total. The number of aliphatic carboxylic acids is 1. The van der Waals surface area contributed by atoms with Crippen LogP contribution in [0.2, 0.25) is 0 Å². The van der Waals surface area contributed by atoms with Gasteiger partial charge in [-0.05, 0) is 41.0 Å². The number of benzene rings is 2. The first-order valence-corrected chi connectivity index (χ1v) is 11.5. The van der Waals surface area contributed by atoms with Gasteiger partial charge in [0.05, 0.1) is 6.42 Å². The van der Waals surface area contributed by atoms with E-state index in [2.05, 4.69) is 29.6 Å². The van der Waals surface area contributed by atoms with Gasteiger partial charge in [-0.1, -0.05) is 55.5 Å². The zero-order valence-electron chi connectivity index (χ0n) is 18.8. The van der Waals surface area contributed by atoms with Crippen LogP contribution in [0.25, 0.3) is 11.1 Å². The van der Waals surface area contributed by atoms with Crippen LogP contribution < -0.4 is 5.32 Å². The topological polar surface area (TPSA) is 95.9 Å². The van der Waals surface area contributed by atoms with Gasteiger partial charge in [0.25, 0.3) is 0 Å². The number of fused-ring (bicyclic) bond motifs is 3. The fraction of sp³-hybridized carbons (Fsp3) is 0.423. The minimum atomic E-state index is -0.885. The fourth-order valence-corrected chi connectivity index (χ4v) is 4.97. The number of carboxylic acid groups (broad SMARTS) is 1. The summed E-state index contributed by atoms with van der Waals surface area (Å²) in [6.07, 6.45) is 1.30. The Balaban J connectivity index is 1.25. The summed E-state index contributed by atoms with van der Waals surface area (Å²) in [7, 11) is 0. The second-order valence-corrected chi connectivity index (χ2v) is 9.00. The van der Waals surface area contributed by atoms with Crippen LogP contribution in [0.3, 0.4) is 0 Å². The number of carbonyl (C=O) groups is 3. The zero-order valence-corrected chi connectivity index (χ0v) is 18.8. The Morgan fingerprint density at radius 2 is 1.73 bits per heavy atom. The molecule has 2 amide bonds. The number of rotatable bonds is 8. The third-order valence-electron chi connectivity index (χ3n) is 6.57. The number of nitrogens with one attached hydrogen (secondary N) is 1. The van der Waals surface area contributed by atoms with Crippen molar-refractivity contribution < 1.29 is 24.2 Å². The Hall–Kier alpha value is -3.35. The molecule has 2 aromatic carbocycles. The summed E-state index contributed by atoms with van der Waals surface area (Å²) in [5.74, 6) is -1.02. The highest BCUT2D eigenvalue weighted by molar-refractivity contribution is 5.79. The van der Waals surface area contributed by atoms with Crippen LogP contribution in [0.4, 0.5) is 4.79 Å². The molecule has 7 nitrogen and oxygen atoms in total. The Bertz CT molecular complexity index is 991. The summed E-state index contributed by atoms with van der Waals surface area (Å²) in [4.78, 5) is 37.7. The first kappa shape index (κ1) is 22.8. The molecular formula is C26H30N2O5. The molecule has 2 atom stereocenters. The number of likely N-dealkylation sites (tertiary alicyclic amines) is 1. The Kier molecular flexibility index (Phi) is 6.96. The van der Waals surface area contributed by atoms with Crippen LogP contribution in [0.1, 0.15) is 49.7 Å². The molecule has 0 aromatic heterocycles. The molecule has 1 fully saturated rings. The summed E-state index contributed by atoms with van der Waals surface area (Å²) >= 11 is 0. The maximum Gasteiger partial charge on any atom is 0.407 e. The van der Waals surface area contributed by atoms with Gasteiger partial charge in [-0.15, -0.1) is 0 Å². The smallest absolute Gasteiger partial charge is 0.407 e. The predicted molar refractivity (Wildman–Crippen MR) is 124 cm³/mol. The third-order valence-corrected chi connectivity index (χ3v) is 6.57. The summed E-state index contributed by atoms with van der Waals surface area (Å²) < 4.78 is 5.54. The Labute approximate surface area is 193 Å². The van der Waals surface area contributed by atoms with Crippen LogP contribution >= 0.6 is 0 Å². The predicted octanol–water partition coefficient (Wildman–Crippen LogP) is 4.02. The van der Waals surface area contributed by atoms with Crippen LogP contribution in [0, 0.1) is 5.92 Å². The van der Waals surface area contributed by atoms with Crippen molar-refractivity contribution in [1.29, 1.82) is 0 Å². The van der Waals surface area contributed by atoms with E-state index in [-0.39, 0.29) is 43.2 Å². The van der Waals surface area contributed by atoms with E-state index >= 15 is 0 Å². The number of hydrogen-bond acceptors (Lipinski definition) is 4. The van der Waals surface area contributed by atoms with Gasteiger partial charge in [-0.3, -0.25) is 9.59 Å².